The molecule has 1 N–H and O–H groups in total. The first kappa shape index (κ1) is 12.7. The van der Waals surface area contributed by atoms with Crippen LogP contribution in [0.1, 0.15) is 29.3 Å². The van der Waals surface area contributed by atoms with Crippen LogP contribution in [0.25, 0.3) is 0 Å². The van der Waals surface area contributed by atoms with Gasteiger partial charge in [0.15, 0.2) is 5.78 Å². The molecule has 0 amide bonds. The minimum Gasteiger partial charge on any atom is -0.306 e. The van der Waals surface area contributed by atoms with Crippen molar-refractivity contribution in [1.82, 2.24) is 5.32 Å². The smallest absolute Gasteiger partial charge is 0.180 e. The highest BCUT2D eigenvalue weighted by Gasteiger charge is 2.22. The maximum Gasteiger partial charge on any atom is 0.180 e. The molecule has 0 aliphatic carbocycles. The van der Waals surface area contributed by atoms with Gasteiger partial charge >= 0.3 is 0 Å². The van der Waals surface area contributed by atoms with E-state index in [4.69, 9.17) is 0 Å². The fourth-order valence-electron chi connectivity index (χ4n) is 2.10. The van der Waals surface area contributed by atoms with Gasteiger partial charge in [-0.2, -0.15) is 11.8 Å². The highest BCUT2D eigenvalue weighted by Crippen LogP contribution is 2.14. The second kappa shape index (κ2) is 6.22. The molecule has 1 atom stereocenters. The molecule has 0 saturated carbocycles. The number of hydrogen-bond donors (Lipinski definition) is 1. The summed E-state index contributed by atoms with van der Waals surface area (Å²) in [6, 6.07) is 8.08. The van der Waals surface area contributed by atoms with E-state index < -0.39 is 0 Å². The van der Waals surface area contributed by atoms with Crippen molar-refractivity contribution in [2.45, 2.75) is 25.8 Å². The average molecular weight is 249 g/mol. The van der Waals surface area contributed by atoms with Gasteiger partial charge in [0.25, 0.3) is 0 Å². The molecule has 1 aromatic rings. The second-order valence-electron chi connectivity index (χ2n) is 4.40. The minimum absolute atomic E-state index is 0.00521. The van der Waals surface area contributed by atoms with E-state index in [-0.39, 0.29) is 11.8 Å². The minimum atomic E-state index is 0.00521. The first-order valence-corrected chi connectivity index (χ1v) is 7.41. The van der Waals surface area contributed by atoms with Crippen LogP contribution >= 0.6 is 11.8 Å². The lowest BCUT2D eigenvalue weighted by molar-refractivity contribution is 0.0953. The van der Waals surface area contributed by atoms with Crippen molar-refractivity contribution >= 4 is 17.5 Å². The Kier molecular flexibility index (Phi) is 4.63. The number of rotatable bonds is 4. The van der Waals surface area contributed by atoms with Crippen LogP contribution in [0.2, 0.25) is 0 Å². The summed E-state index contributed by atoms with van der Waals surface area (Å²) in [6.07, 6.45) is 2.17. The van der Waals surface area contributed by atoms with Crippen LogP contribution in [-0.2, 0) is 6.42 Å². The van der Waals surface area contributed by atoms with Crippen LogP contribution in [-0.4, -0.2) is 29.9 Å². The Hall–Kier alpha value is -0.800. The normalized spacial score (nSPS) is 20.2. The molecule has 0 bridgehead atoms. The summed E-state index contributed by atoms with van der Waals surface area (Å²) in [5, 5.41) is 3.30. The first-order chi connectivity index (χ1) is 8.31. The number of aryl methyl sites for hydroxylation is 1. The third-order valence-electron chi connectivity index (χ3n) is 2.99. The summed E-state index contributed by atoms with van der Waals surface area (Å²) in [5.74, 6) is 2.26. The Balaban J connectivity index is 2.09. The maximum atomic E-state index is 12.3. The van der Waals surface area contributed by atoms with E-state index >= 15 is 0 Å². The predicted octanol–water partition coefficient (Wildman–Crippen LogP) is 2.53. The van der Waals surface area contributed by atoms with Crippen molar-refractivity contribution in [3.63, 3.8) is 0 Å². The molecular weight excluding hydrogens is 230 g/mol. The van der Waals surface area contributed by atoms with Crippen molar-refractivity contribution in [2.24, 2.45) is 0 Å². The largest absolute Gasteiger partial charge is 0.306 e. The fourth-order valence-corrected chi connectivity index (χ4v) is 3.04. The quantitative estimate of drug-likeness (QED) is 0.831. The number of thioether (sulfide) groups is 1. The van der Waals surface area contributed by atoms with Crippen molar-refractivity contribution in [3.05, 3.63) is 35.4 Å². The zero-order chi connectivity index (χ0) is 12.1. The van der Waals surface area contributed by atoms with Gasteiger partial charge in [0, 0.05) is 23.6 Å². The zero-order valence-electron chi connectivity index (χ0n) is 10.2. The summed E-state index contributed by atoms with van der Waals surface area (Å²) in [4.78, 5) is 12.3. The maximum absolute atomic E-state index is 12.3. The number of nitrogens with one attached hydrogen (secondary N) is 1. The lowest BCUT2D eigenvalue weighted by atomic mass is 10.0. The highest BCUT2D eigenvalue weighted by molar-refractivity contribution is 7.99. The molecule has 0 spiro atoms. The van der Waals surface area contributed by atoms with Crippen LogP contribution in [0, 0.1) is 0 Å². The van der Waals surface area contributed by atoms with Crippen LogP contribution < -0.4 is 5.32 Å². The van der Waals surface area contributed by atoms with Gasteiger partial charge in [-0.15, -0.1) is 0 Å². The van der Waals surface area contributed by atoms with Gasteiger partial charge in [-0.3, -0.25) is 4.79 Å². The molecule has 2 nitrogen and oxygen atoms in total. The second-order valence-corrected chi connectivity index (χ2v) is 5.55. The third kappa shape index (κ3) is 3.33. The van der Waals surface area contributed by atoms with E-state index in [0.717, 1.165) is 36.5 Å². The Labute approximate surface area is 107 Å². The lowest BCUT2D eigenvalue weighted by Gasteiger charge is -2.22. The van der Waals surface area contributed by atoms with Crippen molar-refractivity contribution in [2.75, 3.05) is 18.1 Å². The number of Topliss-reactive ketones (excluding diaryl/α,β-unsaturated/α-hetero) is 1. The fraction of sp³-hybridized carbons (Fsp3) is 0.500. The van der Waals surface area contributed by atoms with Crippen molar-refractivity contribution in [3.8, 4) is 0 Å². The van der Waals surface area contributed by atoms with Gasteiger partial charge in [0.2, 0.25) is 0 Å². The third-order valence-corrected chi connectivity index (χ3v) is 4.05. The van der Waals surface area contributed by atoms with Crippen molar-refractivity contribution in [1.29, 1.82) is 0 Å². The molecule has 3 heteroatoms. The van der Waals surface area contributed by atoms with E-state index in [9.17, 15) is 4.79 Å². The predicted molar refractivity (Wildman–Crippen MR) is 73.9 cm³/mol. The molecule has 1 saturated heterocycles. The van der Waals surface area contributed by atoms with Crippen LogP contribution in [0.3, 0.4) is 0 Å². The average Bonchev–Trinajstić information content (AvgIpc) is 2.40. The summed E-state index contributed by atoms with van der Waals surface area (Å²) < 4.78 is 0. The lowest BCUT2D eigenvalue weighted by Crippen LogP contribution is -2.43. The van der Waals surface area contributed by atoms with Gasteiger partial charge in [-0.1, -0.05) is 31.5 Å². The summed E-state index contributed by atoms with van der Waals surface area (Å²) in [6.45, 7) is 3.10. The van der Waals surface area contributed by atoms with Gasteiger partial charge in [-0.25, -0.2) is 0 Å². The van der Waals surface area contributed by atoms with Gasteiger partial charge in [0.05, 0.1) is 6.04 Å². The van der Waals surface area contributed by atoms with Crippen LogP contribution in [0.15, 0.2) is 24.3 Å². The Bertz CT molecular complexity index is 386. The van der Waals surface area contributed by atoms with Crippen molar-refractivity contribution < 1.29 is 4.79 Å². The van der Waals surface area contributed by atoms with E-state index in [1.165, 1.54) is 5.56 Å². The Morgan fingerprint density at radius 2 is 2.41 bits per heavy atom. The van der Waals surface area contributed by atoms with E-state index in [1.54, 1.807) is 0 Å². The van der Waals surface area contributed by atoms with E-state index in [1.807, 2.05) is 30.0 Å². The molecule has 1 unspecified atom stereocenters. The molecule has 1 heterocycles. The molecule has 0 radical (unpaired) electrons. The van der Waals surface area contributed by atoms with Gasteiger partial charge < -0.3 is 5.32 Å². The number of ketones is 1. The molecule has 1 fully saturated rings. The molecule has 92 valence electrons. The molecule has 2 rings (SSSR count). The molecule has 1 aromatic carbocycles. The van der Waals surface area contributed by atoms with Gasteiger partial charge in [-0.05, 0) is 18.1 Å². The number of hydrogen-bond acceptors (Lipinski definition) is 3. The van der Waals surface area contributed by atoms with Crippen LogP contribution in [0.5, 0.6) is 0 Å². The molecule has 1 aliphatic rings. The first-order valence-electron chi connectivity index (χ1n) is 6.25. The summed E-state index contributed by atoms with van der Waals surface area (Å²) in [7, 11) is 0. The molecule has 0 aromatic heterocycles. The van der Waals surface area contributed by atoms with E-state index in [2.05, 4.69) is 18.3 Å². The SMILES string of the molecule is CCCc1cccc(C(=O)C2CSCCN2)c1. The molecule has 1 aliphatic heterocycles. The Morgan fingerprint density at radius 1 is 1.53 bits per heavy atom. The standard InChI is InChI=1S/C14H19NOS/c1-2-4-11-5-3-6-12(9-11)14(16)13-10-17-8-7-15-13/h3,5-6,9,13,15H,2,4,7-8,10H2,1H3. The monoisotopic (exact) mass is 249 g/mol. The molecule has 17 heavy (non-hydrogen) atoms. The number of carbonyl (C=O) groups excluding carboxylic acids is 1. The highest BCUT2D eigenvalue weighted by atomic mass is 32.2. The molecular formula is C14H19NOS. The van der Waals surface area contributed by atoms with Gasteiger partial charge in [0.1, 0.15) is 0 Å². The zero-order valence-corrected chi connectivity index (χ0v) is 11.1. The summed E-state index contributed by atoms with van der Waals surface area (Å²) in [5.41, 5.74) is 2.12. The number of benzene rings is 1. The van der Waals surface area contributed by atoms with E-state index in [0.29, 0.717) is 0 Å². The summed E-state index contributed by atoms with van der Waals surface area (Å²) >= 11 is 1.86. The number of carbonyl (C=O) groups is 1. The topological polar surface area (TPSA) is 29.1 Å². The Morgan fingerprint density at radius 3 is 3.12 bits per heavy atom. The van der Waals surface area contributed by atoms with Crippen LogP contribution in [0.4, 0.5) is 0 Å².